The largest absolute Gasteiger partial charge is 0.329 e. The van der Waals surface area contributed by atoms with Crippen molar-refractivity contribution >= 4 is 11.6 Å². The van der Waals surface area contributed by atoms with Gasteiger partial charge in [-0.15, -0.1) is 5.10 Å². The molecule has 8 heteroatoms. The molecule has 0 saturated carbocycles. The highest BCUT2D eigenvalue weighted by Gasteiger charge is 2.18. The number of carbonyl (C=O) groups is 1. The van der Waals surface area contributed by atoms with E-state index in [4.69, 9.17) is 5.73 Å². The summed E-state index contributed by atoms with van der Waals surface area (Å²) in [7, 11) is 0. The molecule has 0 spiro atoms. The SMILES string of the molecule is Cc1nn(C(C)C)c(C)c1NC(=O)c1cn(CCN)nn1. The second-order valence-corrected chi connectivity index (χ2v) is 5.19. The molecule has 8 nitrogen and oxygen atoms in total. The van der Waals surface area contributed by atoms with Crippen LogP contribution in [0.3, 0.4) is 0 Å². The highest BCUT2D eigenvalue weighted by molar-refractivity contribution is 6.03. The summed E-state index contributed by atoms with van der Waals surface area (Å²) in [5, 5.41) is 15.0. The van der Waals surface area contributed by atoms with Gasteiger partial charge in [-0.1, -0.05) is 5.21 Å². The Morgan fingerprint density at radius 1 is 1.43 bits per heavy atom. The van der Waals surface area contributed by atoms with Gasteiger partial charge in [0.15, 0.2) is 5.69 Å². The van der Waals surface area contributed by atoms with Gasteiger partial charge < -0.3 is 11.1 Å². The van der Waals surface area contributed by atoms with Crippen LogP contribution in [0.5, 0.6) is 0 Å². The number of aryl methyl sites for hydroxylation is 1. The summed E-state index contributed by atoms with van der Waals surface area (Å²) in [6, 6.07) is 0.236. The van der Waals surface area contributed by atoms with Crippen molar-refractivity contribution in [3.8, 4) is 0 Å². The first-order valence-electron chi connectivity index (χ1n) is 6.91. The maximum Gasteiger partial charge on any atom is 0.277 e. The van der Waals surface area contributed by atoms with E-state index in [0.717, 1.165) is 17.1 Å². The number of nitrogens with zero attached hydrogens (tertiary/aromatic N) is 5. The van der Waals surface area contributed by atoms with E-state index >= 15 is 0 Å². The van der Waals surface area contributed by atoms with E-state index in [0.29, 0.717) is 13.1 Å². The number of nitrogens with two attached hydrogens (primary N) is 1. The smallest absolute Gasteiger partial charge is 0.277 e. The normalized spacial score (nSPS) is 11.1. The van der Waals surface area contributed by atoms with E-state index in [1.807, 2.05) is 32.4 Å². The number of aromatic nitrogens is 5. The molecular formula is C13H21N7O. The van der Waals surface area contributed by atoms with Crippen LogP contribution in [0.15, 0.2) is 6.20 Å². The number of anilines is 1. The van der Waals surface area contributed by atoms with Crippen molar-refractivity contribution in [2.24, 2.45) is 5.73 Å². The lowest BCUT2D eigenvalue weighted by atomic mass is 10.3. The predicted molar refractivity (Wildman–Crippen MR) is 79.1 cm³/mol. The minimum absolute atomic E-state index is 0.236. The maximum atomic E-state index is 12.2. The molecule has 0 fully saturated rings. The average Bonchev–Trinajstić information content (AvgIpc) is 2.99. The first kappa shape index (κ1) is 15.2. The highest BCUT2D eigenvalue weighted by atomic mass is 16.2. The molecular weight excluding hydrogens is 270 g/mol. The minimum Gasteiger partial charge on any atom is -0.329 e. The first-order chi connectivity index (χ1) is 9.93. The average molecular weight is 291 g/mol. The fourth-order valence-corrected chi connectivity index (χ4v) is 2.17. The molecule has 2 heterocycles. The van der Waals surface area contributed by atoms with Gasteiger partial charge in [-0.2, -0.15) is 5.10 Å². The van der Waals surface area contributed by atoms with Crippen LogP contribution in [0.1, 0.15) is 41.8 Å². The standard InChI is InChI=1S/C13H21N7O/c1-8(2)20-10(4)12(9(3)17-20)15-13(21)11-7-19(6-5-14)18-16-11/h7-8H,5-6,14H2,1-4H3,(H,15,21). The van der Waals surface area contributed by atoms with Crippen molar-refractivity contribution in [3.05, 3.63) is 23.3 Å². The fraction of sp³-hybridized carbons (Fsp3) is 0.538. The molecule has 2 rings (SSSR count). The summed E-state index contributed by atoms with van der Waals surface area (Å²) in [5.41, 5.74) is 8.13. The Bertz CT molecular complexity index is 641. The third-order valence-corrected chi connectivity index (χ3v) is 3.18. The molecule has 2 aromatic heterocycles. The van der Waals surface area contributed by atoms with Crippen LogP contribution >= 0.6 is 0 Å². The summed E-state index contributed by atoms with van der Waals surface area (Å²) in [5.74, 6) is -0.298. The lowest BCUT2D eigenvalue weighted by molar-refractivity contribution is 0.102. The van der Waals surface area contributed by atoms with Crippen LogP contribution in [-0.4, -0.2) is 37.2 Å². The van der Waals surface area contributed by atoms with E-state index in [1.54, 1.807) is 10.9 Å². The molecule has 114 valence electrons. The van der Waals surface area contributed by atoms with Crippen LogP contribution < -0.4 is 11.1 Å². The molecule has 3 N–H and O–H groups in total. The molecule has 0 aliphatic rings. The van der Waals surface area contributed by atoms with Crippen molar-refractivity contribution in [1.82, 2.24) is 24.8 Å². The highest BCUT2D eigenvalue weighted by Crippen LogP contribution is 2.22. The molecule has 0 aromatic carbocycles. The van der Waals surface area contributed by atoms with Crippen molar-refractivity contribution < 1.29 is 4.79 Å². The molecule has 0 atom stereocenters. The Balaban J connectivity index is 2.19. The van der Waals surface area contributed by atoms with Crippen LogP contribution in [0.2, 0.25) is 0 Å². The lowest BCUT2D eigenvalue weighted by Gasteiger charge is -2.08. The third-order valence-electron chi connectivity index (χ3n) is 3.18. The summed E-state index contributed by atoms with van der Waals surface area (Å²) in [4.78, 5) is 12.2. The van der Waals surface area contributed by atoms with Gasteiger partial charge in [-0.05, 0) is 27.7 Å². The van der Waals surface area contributed by atoms with Gasteiger partial charge in [-0.3, -0.25) is 14.2 Å². The number of carbonyl (C=O) groups excluding carboxylic acids is 1. The molecule has 0 aliphatic carbocycles. The third kappa shape index (κ3) is 3.10. The molecule has 2 aromatic rings. The predicted octanol–water partition coefficient (Wildman–Crippen LogP) is 0.883. The summed E-state index contributed by atoms with van der Waals surface area (Å²) in [6.45, 7) is 8.87. The molecule has 0 saturated heterocycles. The van der Waals surface area contributed by atoms with Gasteiger partial charge in [0.25, 0.3) is 5.91 Å². The molecule has 0 unspecified atom stereocenters. The van der Waals surface area contributed by atoms with E-state index in [1.165, 1.54) is 0 Å². The second-order valence-electron chi connectivity index (χ2n) is 5.19. The number of rotatable bonds is 5. The first-order valence-corrected chi connectivity index (χ1v) is 6.91. The fourth-order valence-electron chi connectivity index (χ4n) is 2.17. The quantitative estimate of drug-likeness (QED) is 0.851. The number of nitrogens with one attached hydrogen (secondary N) is 1. The van der Waals surface area contributed by atoms with E-state index < -0.39 is 0 Å². The van der Waals surface area contributed by atoms with E-state index in [2.05, 4.69) is 20.7 Å². The summed E-state index contributed by atoms with van der Waals surface area (Å²) < 4.78 is 3.43. The lowest BCUT2D eigenvalue weighted by Crippen LogP contribution is -2.14. The summed E-state index contributed by atoms with van der Waals surface area (Å²) in [6.07, 6.45) is 1.58. The van der Waals surface area contributed by atoms with Gasteiger partial charge in [0.05, 0.1) is 29.8 Å². The zero-order chi connectivity index (χ0) is 15.6. The molecule has 0 bridgehead atoms. The van der Waals surface area contributed by atoms with Crippen molar-refractivity contribution in [2.45, 2.75) is 40.3 Å². The monoisotopic (exact) mass is 291 g/mol. The zero-order valence-corrected chi connectivity index (χ0v) is 12.8. The summed E-state index contributed by atoms with van der Waals surface area (Å²) >= 11 is 0. The molecule has 21 heavy (non-hydrogen) atoms. The Morgan fingerprint density at radius 2 is 2.14 bits per heavy atom. The van der Waals surface area contributed by atoms with E-state index in [-0.39, 0.29) is 17.6 Å². The zero-order valence-electron chi connectivity index (χ0n) is 12.8. The van der Waals surface area contributed by atoms with Crippen LogP contribution in [0.4, 0.5) is 5.69 Å². The Labute approximate surface area is 123 Å². The van der Waals surface area contributed by atoms with Crippen LogP contribution in [0, 0.1) is 13.8 Å². The van der Waals surface area contributed by atoms with Gasteiger partial charge in [-0.25, -0.2) is 0 Å². The molecule has 0 radical (unpaired) electrons. The van der Waals surface area contributed by atoms with Gasteiger partial charge in [0, 0.05) is 12.6 Å². The Morgan fingerprint density at radius 3 is 2.71 bits per heavy atom. The Hall–Kier alpha value is -2.22. The van der Waals surface area contributed by atoms with Crippen molar-refractivity contribution in [1.29, 1.82) is 0 Å². The van der Waals surface area contributed by atoms with Gasteiger partial charge in [0.1, 0.15) is 0 Å². The number of hydrogen-bond donors (Lipinski definition) is 2. The Kier molecular flexibility index (Phi) is 4.37. The second kappa shape index (κ2) is 6.04. The molecule has 0 aliphatic heterocycles. The maximum absolute atomic E-state index is 12.2. The number of hydrogen-bond acceptors (Lipinski definition) is 5. The van der Waals surface area contributed by atoms with Crippen LogP contribution in [-0.2, 0) is 6.54 Å². The number of amides is 1. The van der Waals surface area contributed by atoms with Crippen molar-refractivity contribution in [3.63, 3.8) is 0 Å². The van der Waals surface area contributed by atoms with Crippen molar-refractivity contribution in [2.75, 3.05) is 11.9 Å². The van der Waals surface area contributed by atoms with Gasteiger partial charge in [0.2, 0.25) is 0 Å². The van der Waals surface area contributed by atoms with Gasteiger partial charge >= 0.3 is 0 Å². The van der Waals surface area contributed by atoms with Crippen LogP contribution in [0.25, 0.3) is 0 Å². The molecule has 1 amide bonds. The minimum atomic E-state index is -0.298. The van der Waals surface area contributed by atoms with E-state index in [9.17, 15) is 4.79 Å². The topological polar surface area (TPSA) is 104 Å².